The van der Waals surface area contributed by atoms with E-state index in [2.05, 4.69) is 64.3 Å². The summed E-state index contributed by atoms with van der Waals surface area (Å²) in [5, 5.41) is 9.85. The molecule has 4 rings (SSSR count). The normalized spacial score (nSPS) is 18.8. The predicted molar refractivity (Wildman–Crippen MR) is 102 cm³/mol. The molecule has 2 aromatic rings. The minimum Gasteiger partial charge on any atom is -0.351 e. The molecule has 0 spiro atoms. The Bertz CT molecular complexity index is 725. The Morgan fingerprint density at radius 2 is 1.92 bits per heavy atom. The van der Waals surface area contributed by atoms with Crippen LogP contribution >= 0.6 is 11.5 Å². The largest absolute Gasteiger partial charge is 0.351 e. The van der Waals surface area contributed by atoms with Crippen molar-refractivity contribution in [1.82, 2.24) is 19.6 Å². The molecule has 0 amide bonds. The average Bonchev–Trinajstić information content (AvgIpc) is 2.93. The van der Waals surface area contributed by atoms with E-state index in [9.17, 15) is 0 Å². The molecular formula is C18H26N6S. The third kappa shape index (κ3) is 3.21. The van der Waals surface area contributed by atoms with Gasteiger partial charge in [0, 0.05) is 43.0 Å². The monoisotopic (exact) mass is 358 g/mol. The van der Waals surface area contributed by atoms with Crippen molar-refractivity contribution in [2.24, 2.45) is 0 Å². The van der Waals surface area contributed by atoms with Crippen LogP contribution in [0.5, 0.6) is 0 Å². The van der Waals surface area contributed by atoms with Gasteiger partial charge in [-0.05, 0) is 25.0 Å². The van der Waals surface area contributed by atoms with Crippen molar-refractivity contribution in [2.75, 3.05) is 29.9 Å². The van der Waals surface area contributed by atoms with Crippen molar-refractivity contribution in [1.29, 1.82) is 0 Å². The third-order valence-electron chi connectivity index (χ3n) is 5.36. The maximum Gasteiger partial charge on any atom is 0.205 e. The SMILES string of the molecule is CN(c1nc(C2CCC2)ns1)C1CN(c2ccc(C(C)(C)C)nn2)C1. The van der Waals surface area contributed by atoms with Crippen LogP contribution in [0.4, 0.5) is 10.9 Å². The second kappa shape index (κ2) is 6.20. The van der Waals surface area contributed by atoms with Crippen LogP contribution in [-0.2, 0) is 5.41 Å². The summed E-state index contributed by atoms with van der Waals surface area (Å²) in [6, 6.07) is 4.64. The molecule has 1 aliphatic heterocycles. The number of hydrogen-bond donors (Lipinski definition) is 0. The zero-order valence-electron chi connectivity index (χ0n) is 15.4. The molecule has 0 aromatic carbocycles. The van der Waals surface area contributed by atoms with Crippen molar-refractivity contribution < 1.29 is 0 Å². The van der Waals surface area contributed by atoms with E-state index in [1.54, 1.807) is 0 Å². The van der Waals surface area contributed by atoms with Crippen molar-refractivity contribution in [3.8, 4) is 0 Å². The Morgan fingerprint density at radius 3 is 2.48 bits per heavy atom. The lowest BCUT2D eigenvalue weighted by Gasteiger charge is -2.44. The molecule has 1 aliphatic carbocycles. The molecule has 7 heteroatoms. The summed E-state index contributed by atoms with van der Waals surface area (Å²) < 4.78 is 4.56. The Morgan fingerprint density at radius 1 is 1.16 bits per heavy atom. The Hall–Kier alpha value is -1.76. The summed E-state index contributed by atoms with van der Waals surface area (Å²) in [5.41, 5.74) is 1.07. The molecule has 2 aliphatic rings. The van der Waals surface area contributed by atoms with Crippen LogP contribution in [0.3, 0.4) is 0 Å². The van der Waals surface area contributed by atoms with Crippen LogP contribution < -0.4 is 9.80 Å². The minimum atomic E-state index is 0.0409. The van der Waals surface area contributed by atoms with Crippen molar-refractivity contribution >= 4 is 22.5 Å². The highest BCUT2D eigenvalue weighted by molar-refractivity contribution is 7.09. The molecule has 134 valence electrons. The maximum atomic E-state index is 4.76. The second-order valence-corrected chi connectivity index (χ2v) is 8.99. The van der Waals surface area contributed by atoms with E-state index in [-0.39, 0.29) is 5.41 Å². The van der Waals surface area contributed by atoms with Crippen LogP contribution in [0, 0.1) is 0 Å². The van der Waals surface area contributed by atoms with Gasteiger partial charge in [-0.15, -0.1) is 5.10 Å². The third-order valence-corrected chi connectivity index (χ3v) is 6.18. The quantitative estimate of drug-likeness (QED) is 0.836. The lowest BCUT2D eigenvalue weighted by molar-refractivity contribution is 0.404. The van der Waals surface area contributed by atoms with Crippen LogP contribution in [0.15, 0.2) is 12.1 Å². The minimum absolute atomic E-state index is 0.0409. The molecule has 1 saturated heterocycles. The molecule has 25 heavy (non-hydrogen) atoms. The summed E-state index contributed by atoms with van der Waals surface area (Å²) in [6.07, 6.45) is 3.82. The molecule has 0 unspecified atom stereocenters. The predicted octanol–water partition coefficient (Wildman–Crippen LogP) is 3.22. The molecule has 2 aromatic heterocycles. The van der Waals surface area contributed by atoms with Gasteiger partial charge in [-0.25, -0.2) is 4.98 Å². The van der Waals surface area contributed by atoms with E-state index in [0.717, 1.165) is 35.6 Å². The van der Waals surface area contributed by atoms with Crippen molar-refractivity contribution in [3.63, 3.8) is 0 Å². The second-order valence-electron chi connectivity index (χ2n) is 8.26. The number of likely N-dealkylation sites (N-methyl/N-ethyl adjacent to an activating group) is 1. The number of anilines is 2. The molecule has 0 atom stereocenters. The first kappa shape index (κ1) is 16.7. The Labute approximate surface area is 153 Å². The Kier molecular flexibility index (Phi) is 4.14. The van der Waals surface area contributed by atoms with E-state index < -0.39 is 0 Å². The molecule has 2 fully saturated rings. The molecule has 1 saturated carbocycles. The van der Waals surface area contributed by atoms with Crippen LogP contribution in [0.25, 0.3) is 0 Å². The standard InChI is InChI=1S/C18H26N6S/c1-18(2,3)14-8-9-15(21-20-14)24-10-13(11-24)23(4)17-19-16(22-25-17)12-6-5-7-12/h8-9,12-13H,5-7,10-11H2,1-4H3. The van der Waals surface area contributed by atoms with Crippen molar-refractivity contribution in [3.05, 3.63) is 23.7 Å². The first-order chi connectivity index (χ1) is 11.9. The fourth-order valence-corrected chi connectivity index (χ4v) is 3.92. The first-order valence-corrected chi connectivity index (χ1v) is 9.85. The van der Waals surface area contributed by atoms with E-state index in [4.69, 9.17) is 4.98 Å². The van der Waals surface area contributed by atoms with Gasteiger partial charge < -0.3 is 9.80 Å². The number of nitrogens with zero attached hydrogens (tertiary/aromatic N) is 6. The van der Waals surface area contributed by atoms with Gasteiger partial charge in [-0.3, -0.25) is 0 Å². The smallest absolute Gasteiger partial charge is 0.205 e. The van der Waals surface area contributed by atoms with Gasteiger partial charge in [-0.2, -0.15) is 9.47 Å². The lowest BCUT2D eigenvalue weighted by Crippen LogP contribution is -2.59. The highest BCUT2D eigenvalue weighted by atomic mass is 32.1. The summed E-state index contributed by atoms with van der Waals surface area (Å²) in [7, 11) is 2.13. The van der Waals surface area contributed by atoms with E-state index in [1.165, 1.54) is 30.8 Å². The highest BCUT2D eigenvalue weighted by Gasteiger charge is 2.33. The Balaban J connectivity index is 1.35. The molecule has 0 N–H and O–H groups in total. The zero-order chi connectivity index (χ0) is 17.6. The summed E-state index contributed by atoms with van der Waals surface area (Å²) >= 11 is 1.53. The van der Waals surface area contributed by atoms with E-state index in [1.807, 2.05) is 0 Å². The molecular weight excluding hydrogens is 332 g/mol. The fraction of sp³-hybridized carbons (Fsp3) is 0.667. The van der Waals surface area contributed by atoms with Gasteiger partial charge in [0.2, 0.25) is 5.13 Å². The fourth-order valence-electron chi connectivity index (χ4n) is 3.14. The number of hydrogen-bond acceptors (Lipinski definition) is 7. The highest BCUT2D eigenvalue weighted by Crippen LogP contribution is 2.36. The van der Waals surface area contributed by atoms with Gasteiger partial charge in [-0.1, -0.05) is 27.2 Å². The molecule has 6 nitrogen and oxygen atoms in total. The summed E-state index contributed by atoms with van der Waals surface area (Å²) in [5.74, 6) is 2.62. The van der Waals surface area contributed by atoms with Gasteiger partial charge in [0.15, 0.2) is 5.82 Å². The van der Waals surface area contributed by atoms with Crippen molar-refractivity contribution in [2.45, 2.75) is 57.4 Å². The van der Waals surface area contributed by atoms with E-state index >= 15 is 0 Å². The lowest BCUT2D eigenvalue weighted by atomic mass is 9.85. The van der Waals surface area contributed by atoms with E-state index in [0.29, 0.717) is 12.0 Å². The van der Waals surface area contributed by atoms with Gasteiger partial charge >= 0.3 is 0 Å². The summed E-state index contributed by atoms with van der Waals surface area (Å²) in [4.78, 5) is 9.30. The van der Waals surface area contributed by atoms with Crippen LogP contribution in [-0.4, -0.2) is 45.7 Å². The number of rotatable bonds is 4. The zero-order valence-corrected chi connectivity index (χ0v) is 16.3. The molecule has 0 radical (unpaired) electrons. The van der Waals surface area contributed by atoms with Crippen LogP contribution in [0.2, 0.25) is 0 Å². The maximum absolute atomic E-state index is 4.76. The molecule has 0 bridgehead atoms. The van der Waals surface area contributed by atoms with Gasteiger partial charge in [0.25, 0.3) is 0 Å². The van der Waals surface area contributed by atoms with Crippen LogP contribution in [0.1, 0.15) is 57.5 Å². The summed E-state index contributed by atoms with van der Waals surface area (Å²) in [6.45, 7) is 8.39. The number of aromatic nitrogens is 4. The topological polar surface area (TPSA) is 58.0 Å². The van der Waals surface area contributed by atoms with Gasteiger partial charge in [0.1, 0.15) is 5.82 Å². The van der Waals surface area contributed by atoms with Gasteiger partial charge in [0.05, 0.1) is 11.7 Å². The first-order valence-electron chi connectivity index (χ1n) is 9.07. The molecule has 3 heterocycles. The average molecular weight is 359 g/mol.